The lowest BCUT2D eigenvalue weighted by molar-refractivity contribution is -0.139. The molecule has 3 heterocycles. The Bertz CT molecular complexity index is 957. The number of hydrogen-bond acceptors (Lipinski definition) is 5. The van der Waals surface area contributed by atoms with Gasteiger partial charge in [0.05, 0.1) is 35.0 Å². The summed E-state index contributed by atoms with van der Waals surface area (Å²) in [5.74, 6) is -0.994. The third kappa shape index (κ3) is 2.74. The van der Waals surface area contributed by atoms with Crippen molar-refractivity contribution in [3.05, 3.63) is 29.3 Å². The number of carbonyl (C=O) groups excluding carboxylic acids is 3. The van der Waals surface area contributed by atoms with Crippen molar-refractivity contribution >= 4 is 23.5 Å². The second kappa shape index (κ2) is 6.45. The number of carbonyl (C=O) groups is 3. The molecule has 3 atom stereocenters. The van der Waals surface area contributed by atoms with Crippen LogP contribution in [0.4, 0.5) is 23.7 Å². The first-order valence-electron chi connectivity index (χ1n) is 8.75. The smallest absolute Gasteiger partial charge is 0.375 e. The number of anilines is 1. The minimum Gasteiger partial charge on any atom is -0.375 e. The summed E-state index contributed by atoms with van der Waals surface area (Å²) in [4.78, 5) is 41.6. The summed E-state index contributed by atoms with van der Waals surface area (Å²) in [6, 6.07) is 1.59. The van der Waals surface area contributed by atoms with Gasteiger partial charge < -0.3 is 14.5 Å². The van der Waals surface area contributed by atoms with Gasteiger partial charge in [-0.15, -0.1) is 0 Å². The van der Waals surface area contributed by atoms with Gasteiger partial charge in [0.15, 0.2) is 0 Å². The minimum atomic E-state index is -4.81. The topological polar surface area (TPSA) is 94.0 Å². The fraction of sp³-hybridized carbons (Fsp3) is 0.444. The largest absolute Gasteiger partial charge is 0.417 e. The van der Waals surface area contributed by atoms with Crippen LogP contribution in [-0.2, 0) is 20.5 Å². The predicted molar refractivity (Wildman–Crippen MR) is 90.5 cm³/mol. The number of piperazine rings is 1. The first kappa shape index (κ1) is 19.2. The number of amides is 4. The SMILES string of the molecule is COCC(=O)N1CC2CC1C1C(=O)N(c3ccc(C#N)c(C(F)(F)F)c3)C(=O)N21. The number of imide groups is 1. The van der Waals surface area contributed by atoms with Crippen molar-refractivity contribution in [2.45, 2.75) is 30.7 Å². The Hall–Kier alpha value is -3.13. The van der Waals surface area contributed by atoms with Crippen LogP contribution in [0.2, 0.25) is 0 Å². The Labute approximate surface area is 163 Å². The second-order valence-corrected chi connectivity index (χ2v) is 7.08. The number of fused-ring (bicyclic) bond motifs is 5. The summed E-state index contributed by atoms with van der Waals surface area (Å²) >= 11 is 0. The first-order valence-corrected chi connectivity index (χ1v) is 8.75. The number of urea groups is 1. The molecule has 0 aliphatic carbocycles. The van der Waals surface area contributed by atoms with Crippen molar-refractivity contribution in [2.75, 3.05) is 25.2 Å². The number of benzene rings is 1. The molecular formula is C18H15F3N4O4. The lowest BCUT2D eigenvalue weighted by atomic mass is 10.1. The first-order chi connectivity index (χ1) is 13.7. The number of rotatable bonds is 3. The van der Waals surface area contributed by atoms with Crippen LogP contribution in [0.5, 0.6) is 0 Å². The maximum atomic E-state index is 13.3. The van der Waals surface area contributed by atoms with Gasteiger partial charge in [-0.05, 0) is 24.6 Å². The highest BCUT2D eigenvalue weighted by atomic mass is 19.4. The van der Waals surface area contributed by atoms with E-state index in [4.69, 9.17) is 10.00 Å². The number of likely N-dealkylation sites (tertiary alicyclic amines) is 1. The normalized spacial score (nSPS) is 25.6. The highest BCUT2D eigenvalue weighted by molar-refractivity contribution is 6.22. The Morgan fingerprint density at radius 3 is 2.69 bits per heavy atom. The summed E-state index contributed by atoms with van der Waals surface area (Å²) in [7, 11) is 1.37. The summed E-state index contributed by atoms with van der Waals surface area (Å²) in [6.07, 6.45) is -4.38. The molecule has 0 aromatic heterocycles. The molecule has 4 rings (SSSR count). The van der Waals surface area contributed by atoms with Gasteiger partial charge in [-0.25, -0.2) is 9.69 Å². The molecule has 0 spiro atoms. The number of ether oxygens (including phenoxy) is 1. The maximum absolute atomic E-state index is 13.3. The highest BCUT2D eigenvalue weighted by Crippen LogP contribution is 2.43. The van der Waals surface area contributed by atoms with E-state index in [2.05, 4.69) is 0 Å². The maximum Gasteiger partial charge on any atom is 0.417 e. The van der Waals surface area contributed by atoms with E-state index in [0.29, 0.717) is 17.4 Å². The van der Waals surface area contributed by atoms with Crippen LogP contribution in [0, 0.1) is 11.3 Å². The minimum absolute atomic E-state index is 0.160. The molecular weight excluding hydrogens is 393 g/mol. The molecule has 0 radical (unpaired) electrons. The molecule has 4 amide bonds. The zero-order chi connectivity index (χ0) is 21.1. The molecule has 1 aromatic rings. The number of nitriles is 1. The standard InChI is InChI=1S/C18H15F3N4O4/c1-29-8-14(26)23-7-11-5-13(23)15-16(27)25(17(28)24(11)15)10-3-2-9(6-22)12(4-10)18(19,20)21/h2-4,11,13,15H,5,7-8H2,1H3. The van der Waals surface area contributed by atoms with Gasteiger partial charge in [-0.1, -0.05) is 0 Å². The molecule has 3 fully saturated rings. The average molecular weight is 408 g/mol. The van der Waals surface area contributed by atoms with E-state index in [9.17, 15) is 27.6 Å². The predicted octanol–water partition coefficient (Wildman–Crippen LogP) is 1.34. The van der Waals surface area contributed by atoms with Crippen molar-refractivity contribution in [3.8, 4) is 6.07 Å². The third-order valence-corrected chi connectivity index (χ3v) is 5.54. The van der Waals surface area contributed by atoms with Gasteiger partial charge in [0.25, 0.3) is 5.91 Å². The number of nitrogens with zero attached hydrogens (tertiary/aromatic N) is 4. The van der Waals surface area contributed by atoms with Crippen molar-refractivity contribution in [1.29, 1.82) is 5.26 Å². The molecule has 152 valence electrons. The fourth-order valence-corrected chi connectivity index (χ4v) is 4.39. The Morgan fingerprint density at radius 1 is 1.34 bits per heavy atom. The molecule has 8 nitrogen and oxygen atoms in total. The van der Waals surface area contributed by atoms with Gasteiger partial charge in [0.1, 0.15) is 12.6 Å². The molecule has 3 aliphatic rings. The molecule has 2 bridgehead atoms. The van der Waals surface area contributed by atoms with Crippen molar-refractivity contribution in [1.82, 2.24) is 9.80 Å². The molecule has 3 unspecified atom stereocenters. The lowest BCUT2D eigenvalue weighted by Gasteiger charge is -2.34. The summed E-state index contributed by atoms with van der Waals surface area (Å²) in [6.45, 7) is 0.0871. The summed E-state index contributed by atoms with van der Waals surface area (Å²) in [5.41, 5.74) is -2.07. The molecule has 3 aliphatic heterocycles. The lowest BCUT2D eigenvalue weighted by Crippen LogP contribution is -2.55. The molecule has 29 heavy (non-hydrogen) atoms. The monoisotopic (exact) mass is 408 g/mol. The zero-order valence-corrected chi connectivity index (χ0v) is 15.1. The molecule has 3 saturated heterocycles. The van der Waals surface area contributed by atoms with Crippen molar-refractivity contribution in [3.63, 3.8) is 0 Å². The Balaban J connectivity index is 1.68. The van der Waals surface area contributed by atoms with Crippen molar-refractivity contribution in [2.24, 2.45) is 0 Å². The van der Waals surface area contributed by atoms with E-state index in [1.54, 1.807) is 0 Å². The van der Waals surface area contributed by atoms with Crippen LogP contribution in [-0.4, -0.2) is 66.0 Å². The van der Waals surface area contributed by atoms with E-state index in [1.807, 2.05) is 0 Å². The number of alkyl halides is 3. The van der Waals surface area contributed by atoms with Gasteiger partial charge in [-0.2, -0.15) is 18.4 Å². The van der Waals surface area contributed by atoms with Gasteiger partial charge in [-0.3, -0.25) is 9.59 Å². The van der Waals surface area contributed by atoms with Gasteiger partial charge in [0, 0.05) is 13.7 Å². The van der Waals surface area contributed by atoms with Crippen LogP contribution in [0.15, 0.2) is 18.2 Å². The number of methoxy groups -OCH3 is 1. The van der Waals surface area contributed by atoms with E-state index < -0.39 is 41.3 Å². The zero-order valence-electron chi connectivity index (χ0n) is 15.1. The second-order valence-electron chi connectivity index (χ2n) is 7.08. The molecule has 11 heteroatoms. The van der Waals surface area contributed by atoms with Gasteiger partial charge in [0.2, 0.25) is 5.91 Å². The quantitative estimate of drug-likeness (QED) is 0.704. The average Bonchev–Trinajstić information content (AvgIpc) is 3.32. The number of hydrogen-bond donors (Lipinski definition) is 0. The Kier molecular flexibility index (Phi) is 4.27. The van der Waals surface area contributed by atoms with Crippen LogP contribution in [0.25, 0.3) is 0 Å². The van der Waals surface area contributed by atoms with E-state index >= 15 is 0 Å². The van der Waals surface area contributed by atoms with Crippen molar-refractivity contribution < 1.29 is 32.3 Å². The molecule has 0 N–H and O–H groups in total. The van der Waals surface area contributed by atoms with Crippen LogP contribution in [0.3, 0.4) is 0 Å². The number of halogens is 3. The molecule has 0 saturated carbocycles. The highest BCUT2D eigenvalue weighted by Gasteiger charge is 2.62. The molecule has 1 aromatic carbocycles. The fourth-order valence-electron chi connectivity index (χ4n) is 4.39. The van der Waals surface area contributed by atoms with E-state index in [-0.39, 0.29) is 30.8 Å². The third-order valence-electron chi connectivity index (χ3n) is 5.54. The summed E-state index contributed by atoms with van der Waals surface area (Å²) in [5, 5.41) is 8.92. The summed E-state index contributed by atoms with van der Waals surface area (Å²) < 4.78 is 44.6. The Morgan fingerprint density at radius 2 is 2.07 bits per heavy atom. The van der Waals surface area contributed by atoms with Crippen LogP contribution < -0.4 is 4.90 Å². The van der Waals surface area contributed by atoms with E-state index in [1.165, 1.54) is 23.0 Å². The van der Waals surface area contributed by atoms with Gasteiger partial charge >= 0.3 is 12.2 Å². The van der Waals surface area contributed by atoms with E-state index in [0.717, 1.165) is 12.1 Å². The van der Waals surface area contributed by atoms with Crippen LogP contribution in [0.1, 0.15) is 17.5 Å². The van der Waals surface area contributed by atoms with Crippen LogP contribution >= 0.6 is 0 Å².